The molecule has 1 N–H and O–H groups in total. The average Bonchev–Trinajstić information content (AvgIpc) is 3.41. The molecule has 158 valence electrons. The van der Waals surface area contributed by atoms with Crippen LogP contribution in [0.1, 0.15) is 41.1 Å². The molecule has 0 spiro atoms. The summed E-state index contributed by atoms with van der Waals surface area (Å²) in [6.07, 6.45) is 4.76. The highest BCUT2D eigenvalue weighted by Crippen LogP contribution is 2.41. The SMILES string of the molecule is Cc1cc([C@@H]2[C@@H](c3ccccn3)NC(=S)N2CCCN(C)C)c(C)n1-c1nccs1. The Kier molecular flexibility index (Phi) is 6.17. The van der Waals surface area contributed by atoms with E-state index in [0.717, 1.165) is 35.4 Å². The molecule has 1 fully saturated rings. The molecular weight excluding hydrogens is 412 g/mol. The molecule has 0 amide bonds. The number of nitrogens with zero attached hydrogens (tertiary/aromatic N) is 5. The Hall–Kier alpha value is -2.29. The summed E-state index contributed by atoms with van der Waals surface area (Å²) in [7, 11) is 4.22. The van der Waals surface area contributed by atoms with Gasteiger partial charge >= 0.3 is 0 Å². The molecular formula is C22H28N6S2. The predicted octanol–water partition coefficient (Wildman–Crippen LogP) is 3.87. The molecule has 6 nitrogen and oxygen atoms in total. The fraction of sp³-hybridized carbons (Fsp3) is 0.409. The molecule has 3 aromatic heterocycles. The number of pyridine rings is 1. The van der Waals surface area contributed by atoms with E-state index in [2.05, 4.69) is 69.7 Å². The first-order valence-corrected chi connectivity index (χ1v) is 11.5. The van der Waals surface area contributed by atoms with Crippen molar-refractivity contribution in [3.05, 3.63) is 64.7 Å². The second-order valence-corrected chi connectivity index (χ2v) is 9.21. The third kappa shape index (κ3) is 3.99. The van der Waals surface area contributed by atoms with Crippen molar-refractivity contribution in [2.75, 3.05) is 27.2 Å². The first-order valence-electron chi connectivity index (χ1n) is 10.2. The van der Waals surface area contributed by atoms with Crippen molar-refractivity contribution in [1.82, 2.24) is 29.7 Å². The second-order valence-electron chi connectivity index (χ2n) is 7.95. The summed E-state index contributed by atoms with van der Waals surface area (Å²) in [5.74, 6) is 0. The Labute approximate surface area is 187 Å². The molecule has 1 aliphatic heterocycles. The Balaban J connectivity index is 1.75. The van der Waals surface area contributed by atoms with Gasteiger partial charge in [-0.1, -0.05) is 6.07 Å². The maximum absolute atomic E-state index is 5.79. The van der Waals surface area contributed by atoms with E-state index in [9.17, 15) is 0 Å². The minimum absolute atomic E-state index is 0.0169. The standard InChI is InChI=1S/C22H28N6S2/c1-15-14-17(16(2)28(15)22-24-10-13-30-22)20-19(18-8-5-6-9-23-18)25-21(29)27(20)12-7-11-26(3)4/h5-6,8-10,13-14,19-20H,7,11-12H2,1-4H3,(H,25,29)/t19-,20-/m1/s1. The molecule has 4 heterocycles. The number of aromatic nitrogens is 3. The van der Waals surface area contributed by atoms with Gasteiger partial charge in [0.15, 0.2) is 10.2 Å². The first kappa shape index (κ1) is 21.0. The summed E-state index contributed by atoms with van der Waals surface area (Å²) in [6.45, 7) is 6.25. The van der Waals surface area contributed by atoms with Crippen LogP contribution in [0.3, 0.4) is 0 Å². The molecule has 8 heteroatoms. The van der Waals surface area contributed by atoms with Crippen molar-refractivity contribution in [3.8, 4) is 5.13 Å². The monoisotopic (exact) mass is 440 g/mol. The molecule has 0 saturated carbocycles. The Bertz CT molecular complexity index is 996. The van der Waals surface area contributed by atoms with Crippen molar-refractivity contribution in [3.63, 3.8) is 0 Å². The van der Waals surface area contributed by atoms with Crippen LogP contribution < -0.4 is 5.32 Å². The molecule has 1 saturated heterocycles. The lowest BCUT2D eigenvalue weighted by Gasteiger charge is -2.28. The van der Waals surface area contributed by atoms with E-state index < -0.39 is 0 Å². The van der Waals surface area contributed by atoms with Crippen LogP contribution in [0.15, 0.2) is 42.0 Å². The molecule has 30 heavy (non-hydrogen) atoms. The van der Waals surface area contributed by atoms with Crippen molar-refractivity contribution in [1.29, 1.82) is 0 Å². The lowest BCUT2D eigenvalue weighted by molar-refractivity contribution is 0.292. The third-order valence-electron chi connectivity index (χ3n) is 5.60. The van der Waals surface area contributed by atoms with Gasteiger partial charge in [-0.3, -0.25) is 9.55 Å². The van der Waals surface area contributed by atoms with Gasteiger partial charge in [0, 0.05) is 35.7 Å². The van der Waals surface area contributed by atoms with Gasteiger partial charge in [0.05, 0.1) is 17.8 Å². The average molecular weight is 441 g/mol. The van der Waals surface area contributed by atoms with Crippen LogP contribution in [0.5, 0.6) is 0 Å². The maximum Gasteiger partial charge on any atom is 0.193 e. The van der Waals surface area contributed by atoms with Crippen molar-refractivity contribution in [2.45, 2.75) is 32.4 Å². The normalized spacial score (nSPS) is 19.0. The zero-order valence-corrected chi connectivity index (χ0v) is 19.5. The highest BCUT2D eigenvalue weighted by molar-refractivity contribution is 7.80. The second kappa shape index (κ2) is 8.83. The Morgan fingerprint density at radius 1 is 1.20 bits per heavy atom. The number of rotatable bonds is 7. The van der Waals surface area contributed by atoms with Gasteiger partial charge in [0.25, 0.3) is 0 Å². The minimum Gasteiger partial charge on any atom is -0.352 e. The number of hydrogen-bond acceptors (Lipinski definition) is 5. The lowest BCUT2D eigenvalue weighted by Crippen LogP contribution is -2.32. The number of thiocarbonyl (C=S) groups is 1. The molecule has 0 radical (unpaired) electrons. The van der Waals surface area contributed by atoms with Gasteiger partial charge in [-0.15, -0.1) is 11.3 Å². The van der Waals surface area contributed by atoms with Gasteiger partial charge < -0.3 is 15.1 Å². The van der Waals surface area contributed by atoms with Crippen LogP contribution in [-0.4, -0.2) is 56.6 Å². The van der Waals surface area contributed by atoms with Crippen molar-refractivity contribution < 1.29 is 0 Å². The van der Waals surface area contributed by atoms with Crippen LogP contribution in [0.4, 0.5) is 0 Å². The lowest BCUT2D eigenvalue weighted by atomic mass is 9.96. The van der Waals surface area contributed by atoms with Crippen LogP contribution in [0.25, 0.3) is 5.13 Å². The van der Waals surface area contributed by atoms with E-state index in [1.807, 2.05) is 29.9 Å². The summed E-state index contributed by atoms with van der Waals surface area (Å²) in [6, 6.07) is 8.47. The van der Waals surface area contributed by atoms with Crippen LogP contribution in [-0.2, 0) is 0 Å². The number of hydrogen-bond donors (Lipinski definition) is 1. The van der Waals surface area contributed by atoms with Gasteiger partial charge in [0.2, 0.25) is 0 Å². The largest absolute Gasteiger partial charge is 0.352 e. The molecule has 1 aliphatic rings. The number of aryl methyl sites for hydroxylation is 1. The minimum atomic E-state index is 0.0169. The van der Waals surface area contributed by atoms with Crippen LogP contribution in [0, 0.1) is 13.8 Å². The van der Waals surface area contributed by atoms with Gasteiger partial charge in [-0.05, 0) is 76.9 Å². The summed E-state index contributed by atoms with van der Waals surface area (Å²) < 4.78 is 2.24. The van der Waals surface area contributed by atoms with E-state index in [1.54, 1.807) is 11.3 Å². The Morgan fingerprint density at radius 2 is 2.03 bits per heavy atom. The van der Waals surface area contributed by atoms with E-state index in [1.165, 1.54) is 17.0 Å². The maximum atomic E-state index is 5.79. The van der Waals surface area contributed by atoms with Gasteiger partial charge in [0.1, 0.15) is 0 Å². The third-order valence-corrected chi connectivity index (χ3v) is 6.71. The van der Waals surface area contributed by atoms with E-state index in [0.29, 0.717) is 0 Å². The van der Waals surface area contributed by atoms with Crippen LogP contribution in [0.2, 0.25) is 0 Å². The highest BCUT2D eigenvalue weighted by Gasteiger charge is 2.41. The molecule has 3 aromatic rings. The molecule has 2 atom stereocenters. The summed E-state index contributed by atoms with van der Waals surface area (Å²) in [4.78, 5) is 13.7. The summed E-state index contributed by atoms with van der Waals surface area (Å²) >= 11 is 7.45. The highest BCUT2D eigenvalue weighted by atomic mass is 32.1. The molecule has 0 aliphatic carbocycles. The van der Waals surface area contributed by atoms with Crippen molar-refractivity contribution in [2.24, 2.45) is 0 Å². The fourth-order valence-electron chi connectivity index (χ4n) is 4.25. The van der Waals surface area contributed by atoms with E-state index in [4.69, 9.17) is 12.2 Å². The zero-order chi connectivity index (χ0) is 21.3. The quantitative estimate of drug-likeness (QED) is 0.563. The zero-order valence-electron chi connectivity index (χ0n) is 17.9. The topological polar surface area (TPSA) is 49.2 Å². The fourth-order valence-corrected chi connectivity index (χ4v) is 5.33. The smallest absolute Gasteiger partial charge is 0.193 e. The molecule has 0 bridgehead atoms. The predicted molar refractivity (Wildman–Crippen MR) is 126 cm³/mol. The van der Waals surface area contributed by atoms with E-state index >= 15 is 0 Å². The van der Waals surface area contributed by atoms with E-state index in [-0.39, 0.29) is 12.1 Å². The molecule has 0 aromatic carbocycles. The molecule has 4 rings (SSSR count). The van der Waals surface area contributed by atoms with Crippen LogP contribution >= 0.6 is 23.6 Å². The summed E-state index contributed by atoms with van der Waals surface area (Å²) in [5, 5.41) is 7.37. The number of thiazole rings is 1. The first-order chi connectivity index (χ1) is 14.5. The number of nitrogens with one attached hydrogen (secondary N) is 1. The van der Waals surface area contributed by atoms with Gasteiger partial charge in [-0.25, -0.2) is 4.98 Å². The van der Waals surface area contributed by atoms with Gasteiger partial charge in [-0.2, -0.15) is 0 Å². The van der Waals surface area contributed by atoms with Crippen molar-refractivity contribution >= 4 is 28.7 Å². The summed E-state index contributed by atoms with van der Waals surface area (Å²) in [5.41, 5.74) is 4.68. The Morgan fingerprint density at radius 3 is 2.70 bits per heavy atom. The molecule has 0 unspecified atom stereocenters.